The minimum absolute atomic E-state index is 0.269. The fourth-order valence-corrected chi connectivity index (χ4v) is 7.97. The van der Waals surface area contributed by atoms with Gasteiger partial charge in [0.1, 0.15) is 11.5 Å². The number of fused-ring (bicyclic) bond motifs is 2. The Morgan fingerprint density at radius 3 is 2.27 bits per heavy atom. The lowest BCUT2D eigenvalue weighted by atomic mass is 9.76. The van der Waals surface area contributed by atoms with Crippen molar-refractivity contribution >= 4 is 33.4 Å². The summed E-state index contributed by atoms with van der Waals surface area (Å²) in [6.45, 7) is 2.68. The maximum atomic E-state index is 14.4. The molecule has 2 aliphatic heterocycles. The zero-order valence-electron chi connectivity index (χ0n) is 28.6. The highest BCUT2D eigenvalue weighted by molar-refractivity contribution is 6.05. The molecule has 1 amide bonds. The van der Waals surface area contributed by atoms with Crippen molar-refractivity contribution in [1.82, 2.24) is 20.1 Å². The maximum absolute atomic E-state index is 14.4. The number of nitrogens with zero attached hydrogens (tertiary/aromatic N) is 3. The first-order chi connectivity index (χ1) is 24.4. The number of carbonyl (C=O) groups is 2. The Balaban J connectivity index is 1.29. The molecule has 2 fully saturated rings. The third-order valence-corrected chi connectivity index (χ3v) is 10.8. The number of hydrogen-bond acceptors (Lipinski definition) is 5. The van der Waals surface area contributed by atoms with Gasteiger partial charge in [-0.25, -0.2) is 13.6 Å². The Morgan fingerprint density at radius 1 is 0.922 bits per heavy atom. The van der Waals surface area contributed by atoms with Crippen LogP contribution in [0, 0.1) is 5.41 Å². The van der Waals surface area contributed by atoms with Gasteiger partial charge in [-0.1, -0.05) is 74.0 Å². The Kier molecular flexibility index (Phi) is 10.9. The molecule has 272 valence electrons. The second-order valence-corrected chi connectivity index (χ2v) is 13.9. The van der Waals surface area contributed by atoms with E-state index in [1.807, 2.05) is 48.7 Å². The average Bonchev–Trinajstić information content (AvgIpc) is 3.11. The van der Waals surface area contributed by atoms with E-state index in [1.54, 1.807) is 12.1 Å². The van der Waals surface area contributed by atoms with Crippen molar-refractivity contribution in [2.75, 3.05) is 26.2 Å². The van der Waals surface area contributed by atoms with Gasteiger partial charge < -0.3 is 10.4 Å². The van der Waals surface area contributed by atoms with E-state index in [0.717, 1.165) is 52.5 Å². The molecule has 0 saturated carbocycles. The molecule has 2 saturated heterocycles. The van der Waals surface area contributed by atoms with E-state index in [2.05, 4.69) is 23.2 Å². The third kappa shape index (κ3) is 7.58. The van der Waals surface area contributed by atoms with Crippen molar-refractivity contribution in [3.63, 3.8) is 0 Å². The van der Waals surface area contributed by atoms with Gasteiger partial charge in [0.25, 0.3) is 6.43 Å². The smallest absolute Gasteiger partial charge is 0.403 e. The van der Waals surface area contributed by atoms with Crippen molar-refractivity contribution in [2.24, 2.45) is 5.41 Å². The number of pyridine rings is 1. The zero-order valence-corrected chi connectivity index (χ0v) is 28.6. The fraction of sp³-hybridized carbons (Fsp3) is 0.462. The van der Waals surface area contributed by atoms with Crippen LogP contribution in [0.15, 0.2) is 66.9 Å². The van der Waals surface area contributed by atoms with E-state index in [-0.39, 0.29) is 19.5 Å². The molecule has 0 radical (unpaired) electrons. The van der Waals surface area contributed by atoms with Gasteiger partial charge in [-0.3, -0.25) is 19.6 Å². The average molecular weight is 711 g/mol. The molecule has 51 heavy (non-hydrogen) atoms. The molecular formula is C39H43F5N4O3. The normalized spacial score (nSPS) is 19.4. The van der Waals surface area contributed by atoms with Gasteiger partial charge in [-0.05, 0) is 79.0 Å². The van der Waals surface area contributed by atoms with Crippen molar-refractivity contribution in [3.8, 4) is 11.3 Å². The Labute approximate surface area is 293 Å². The number of carbonyl (C=O) groups excluding carboxylic acids is 1. The summed E-state index contributed by atoms with van der Waals surface area (Å²) in [5.41, 5.74) is 0.383. The number of carboxylic acid groups (broad SMARTS) is 1. The van der Waals surface area contributed by atoms with E-state index >= 15 is 0 Å². The van der Waals surface area contributed by atoms with Crippen LogP contribution in [-0.2, 0) is 22.6 Å². The maximum Gasteiger partial charge on any atom is 0.403 e. The number of halogens is 5. The van der Waals surface area contributed by atoms with E-state index in [4.69, 9.17) is 4.98 Å². The summed E-state index contributed by atoms with van der Waals surface area (Å²) in [6.07, 6.45) is -2.82. The number of aromatic nitrogens is 1. The largest absolute Gasteiger partial charge is 0.480 e. The van der Waals surface area contributed by atoms with E-state index in [1.165, 1.54) is 24.2 Å². The first-order valence-electron chi connectivity index (χ1n) is 17.6. The predicted molar refractivity (Wildman–Crippen MR) is 186 cm³/mol. The van der Waals surface area contributed by atoms with Gasteiger partial charge >= 0.3 is 12.1 Å². The van der Waals surface area contributed by atoms with Crippen LogP contribution in [0.1, 0.15) is 56.6 Å². The van der Waals surface area contributed by atoms with Crippen LogP contribution in [0.4, 0.5) is 22.0 Å². The van der Waals surface area contributed by atoms with E-state index in [9.17, 15) is 36.6 Å². The van der Waals surface area contributed by atoms with Crippen LogP contribution >= 0.6 is 0 Å². The quantitative estimate of drug-likeness (QED) is 0.154. The molecule has 2 N–H and O–H groups in total. The number of likely N-dealkylation sites (tertiary alicyclic amines) is 2. The van der Waals surface area contributed by atoms with Crippen molar-refractivity contribution in [3.05, 3.63) is 78.0 Å². The third-order valence-electron chi connectivity index (χ3n) is 10.8. The highest BCUT2D eigenvalue weighted by Crippen LogP contribution is 2.47. The van der Waals surface area contributed by atoms with Crippen LogP contribution in [-0.4, -0.2) is 82.6 Å². The minimum atomic E-state index is -5.00. The van der Waals surface area contributed by atoms with E-state index < -0.39 is 55.3 Å². The molecule has 4 aromatic rings. The number of amides is 1. The number of hydrogen-bond donors (Lipinski definition) is 2. The van der Waals surface area contributed by atoms with Gasteiger partial charge in [-0.15, -0.1) is 0 Å². The Hall–Kier alpha value is -4.16. The molecule has 0 bridgehead atoms. The predicted octanol–water partition coefficient (Wildman–Crippen LogP) is 7.84. The van der Waals surface area contributed by atoms with Crippen LogP contribution < -0.4 is 5.32 Å². The molecule has 0 unspecified atom stereocenters. The number of rotatable bonds is 11. The van der Waals surface area contributed by atoms with Crippen LogP contribution in [0.2, 0.25) is 0 Å². The van der Waals surface area contributed by atoms with Gasteiger partial charge in [-0.2, -0.15) is 13.2 Å². The van der Waals surface area contributed by atoms with Gasteiger partial charge in [0.05, 0.1) is 12.2 Å². The molecule has 2 atom stereocenters. The Bertz CT molecular complexity index is 1880. The first kappa shape index (κ1) is 36.6. The molecule has 3 aromatic carbocycles. The SMILES string of the molecule is CC[C@H]1CCCCN1Cc1cnc(-c2cccc3c(C[C@H](NC(=O)C4(C(F)(F)F)CCN(CC(F)F)CC4)C(=O)O)cccc23)c2ccccc12. The summed E-state index contributed by atoms with van der Waals surface area (Å²) in [4.78, 5) is 34.5. The Morgan fingerprint density at radius 2 is 1.59 bits per heavy atom. The lowest BCUT2D eigenvalue weighted by Crippen LogP contribution is -2.59. The fourth-order valence-electron chi connectivity index (χ4n) is 7.97. The number of carboxylic acids is 1. The van der Waals surface area contributed by atoms with Crippen LogP contribution in [0.5, 0.6) is 0 Å². The molecule has 2 aliphatic rings. The molecule has 1 aromatic heterocycles. The number of nitrogens with one attached hydrogen (secondary N) is 1. The number of aliphatic carboxylic acids is 1. The molecular weight excluding hydrogens is 667 g/mol. The summed E-state index contributed by atoms with van der Waals surface area (Å²) in [6, 6.07) is 18.0. The summed E-state index contributed by atoms with van der Waals surface area (Å²) in [5, 5.41) is 15.8. The number of benzene rings is 3. The summed E-state index contributed by atoms with van der Waals surface area (Å²) >= 11 is 0. The summed E-state index contributed by atoms with van der Waals surface area (Å²) in [5.74, 6) is -2.93. The highest BCUT2D eigenvalue weighted by Gasteiger charge is 2.61. The molecule has 3 heterocycles. The zero-order chi connectivity index (χ0) is 36.3. The number of alkyl halides is 5. The van der Waals surface area contributed by atoms with Crippen LogP contribution in [0.3, 0.4) is 0 Å². The summed E-state index contributed by atoms with van der Waals surface area (Å²) < 4.78 is 69.1. The standard InChI is InChI=1S/C39H43F5N4O3/c1-2-27-10-5-6-18-48(27)23-26-22-45-35(31-12-4-3-11-29(26)31)32-15-8-13-28-25(9-7-14-30(28)32)21-33(36(49)50)46-37(51)38(39(42,43)44)16-19-47(20-17-38)24-34(40)41/h3-4,7-9,11-15,22,27,33-34H,2,5-6,10,16-21,23-24H2,1H3,(H,46,51)(H,49,50)/t27-,33-/m0/s1. The second kappa shape index (κ2) is 15.2. The summed E-state index contributed by atoms with van der Waals surface area (Å²) in [7, 11) is 0. The van der Waals surface area contributed by atoms with Gasteiger partial charge in [0, 0.05) is 36.2 Å². The van der Waals surface area contributed by atoms with Gasteiger partial charge in [0.2, 0.25) is 5.91 Å². The van der Waals surface area contributed by atoms with E-state index in [0.29, 0.717) is 17.0 Å². The van der Waals surface area contributed by atoms with Crippen molar-refractivity contribution in [2.45, 2.75) is 83.1 Å². The van der Waals surface area contributed by atoms with Crippen molar-refractivity contribution < 1.29 is 36.6 Å². The number of piperidine rings is 2. The first-order valence-corrected chi connectivity index (χ1v) is 17.6. The monoisotopic (exact) mass is 710 g/mol. The lowest BCUT2D eigenvalue weighted by Gasteiger charge is -2.41. The molecule has 6 rings (SSSR count). The molecule has 12 heteroatoms. The van der Waals surface area contributed by atoms with Gasteiger partial charge in [0.15, 0.2) is 0 Å². The minimum Gasteiger partial charge on any atom is -0.480 e. The topological polar surface area (TPSA) is 85.8 Å². The van der Waals surface area contributed by atoms with Crippen LogP contribution in [0.25, 0.3) is 32.8 Å². The lowest BCUT2D eigenvalue weighted by molar-refractivity contribution is -0.233. The molecule has 7 nitrogen and oxygen atoms in total. The molecule has 0 aliphatic carbocycles. The molecule has 0 spiro atoms. The second-order valence-electron chi connectivity index (χ2n) is 13.9. The van der Waals surface area contributed by atoms with Crippen molar-refractivity contribution in [1.29, 1.82) is 0 Å². The highest BCUT2D eigenvalue weighted by atomic mass is 19.4.